The summed E-state index contributed by atoms with van der Waals surface area (Å²) >= 11 is 1.36. The van der Waals surface area contributed by atoms with Crippen molar-refractivity contribution >= 4 is 40.0 Å². The van der Waals surface area contributed by atoms with E-state index in [-0.39, 0.29) is 11.8 Å². The van der Waals surface area contributed by atoms with Crippen LogP contribution in [0.4, 0.5) is 10.8 Å². The maximum Gasteiger partial charge on any atom is 0.250 e. The van der Waals surface area contributed by atoms with E-state index in [4.69, 9.17) is 0 Å². The van der Waals surface area contributed by atoms with Crippen LogP contribution in [0.5, 0.6) is 0 Å². The highest BCUT2D eigenvalue weighted by atomic mass is 32.1. The van der Waals surface area contributed by atoms with E-state index in [0.717, 1.165) is 22.5 Å². The van der Waals surface area contributed by atoms with Gasteiger partial charge in [-0.25, -0.2) is 4.98 Å². The van der Waals surface area contributed by atoms with Gasteiger partial charge in [-0.2, -0.15) is 0 Å². The van der Waals surface area contributed by atoms with Crippen LogP contribution < -0.4 is 10.6 Å². The van der Waals surface area contributed by atoms with Crippen molar-refractivity contribution in [1.29, 1.82) is 0 Å². The van der Waals surface area contributed by atoms with E-state index in [1.165, 1.54) is 29.9 Å². The van der Waals surface area contributed by atoms with Crippen LogP contribution in [0.3, 0.4) is 0 Å². The Hall–Kier alpha value is -3.25. The second-order valence-electron chi connectivity index (χ2n) is 6.03. The van der Waals surface area contributed by atoms with E-state index in [2.05, 4.69) is 15.6 Å². The van der Waals surface area contributed by atoms with Gasteiger partial charge < -0.3 is 5.32 Å². The monoisotopic (exact) mass is 377 g/mol. The van der Waals surface area contributed by atoms with Crippen LogP contribution in [0, 0.1) is 6.92 Å². The number of anilines is 2. The van der Waals surface area contributed by atoms with Crippen LogP contribution in [-0.4, -0.2) is 16.8 Å². The lowest BCUT2D eigenvalue weighted by Crippen LogP contribution is -2.07. The fourth-order valence-electron chi connectivity index (χ4n) is 2.39. The van der Waals surface area contributed by atoms with Crippen molar-refractivity contribution in [2.75, 3.05) is 10.6 Å². The SMILES string of the molecule is CC(=O)Nc1ccc(-c2csc(NC(=O)/C=C/c3ccc(C)cc3)n2)cc1. The van der Waals surface area contributed by atoms with Gasteiger partial charge in [0.1, 0.15) is 0 Å². The van der Waals surface area contributed by atoms with Crippen LogP contribution in [0.2, 0.25) is 0 Å². The summed E-state index contributed by atoms with van der Waals surface area (Å²) in [5, 5.41) is 7.92. The summed E-state index contributed by atoms with van der Waals surface area (Å²) in [4.78, 5) is 27.6. The molecule has 2 N–H and O–H groups in total. The first-order chi connectivity index (χ1) is 13.0. The lowest BCUT2D eigenvalue weighted by Gasteiger charge is -2.02. The smallest absolute Gasteiger partial charge is 0.250 e. The summed E-state index contributed by atoms with van der Waals surface area (Å²) in [6.07, 6.45) is 3.26. The minimum atomic E-state index is -0.225. The minimum absolute atomic E-state index is 0.111. The molecule has 0 spiro atoms. The molecule has 0 unspecified atom stereocenters. The molecule has 0 radical (unpaired) electrons. The average Bonchev–Trinajstić information content (AvgIpc) is 3.10. The molecule has 2 aromatic carbocycles. The van der Waals surface area contributed by atoms with Crippen molar-refractivity contribution in [3.63, 3.8) is 0 Å². The van der Waals surface area contributed by atoms with E-state index < -0.39 is 0 Å². The molecule has 136 valence electrons. The van der Waals surface area contributed by atoms with Crippen LogP contribution >= 0.6 is 11.3 Å². The van der Waals surface area contributed by atoms with E-state index in [0.29, 0.717) is 5.13 Å². The Bertz CT molecular complexity index is 973. The van der Waals surface area contributed by atoms with Crippen molar-refractivity contribution in [2.24, 2.45) is 0 Å². The molecule has 0 aliphatic heterocycles. The number of rotatable bonds is 5. The number of hydrogen-bond acceptors (Lipinski definition) is 4. The van der Waals surface area contributed by atoms with Gasteiger partial charge in [0, 0.05) is 29.6 Å². The molecule has 27 heavy (non-hydrogen) atoms. The number of amides is 2. The second kappa shape index (κ2) is 8.42. The molecule has 0 aliphatic rings. The molecule has 6 heteroatoms. The topological polar surface area (TPSA) is 71.1 Å². The van der Waals surface area contributed by atoms with Gasteiger partial charge in [0.15, 0.2) is 5.13 Å². The fourth-order valence-corrected chi connectivity index (χ4v) is 3.11. The Labute approximate surface area is 161 Å². The molecule has 2 amide bonds. The predicted molar refractivity (Wildman–Crippen MR) is 111 cm³/mol. The Balaban J connectivity index is 1.62. The van der Waals surface area contributed by atoms with E-state index in [1.807, 2.05) is 60.8 Å². The van der Waals surface area contributed by atoms with Gasteiger partial charge >= 0.3 is 0 Å². The molecule has 0 saturated carbocycles. The van der Waals surface area contributed by atoms with Crippen LogP contribution in [0.15, 0.2) is 60.0 Å². The van der Waals surface area contributed by atoms with Gasteiger partial charge in [-0.3, -0.25) is 14.9 Å². The number of thiazole rings is 1. The van der Waals surface area contributed by atoms with Crippen LogP contribution in [0.1, 0.15) is 18.1 Å². The van der Waals surface area contributed by atoms with E-state index in [1.54, 1.807) is 6.08 Å². The zero-order valence-corrected chi connectivity index (χ0v) is 15.8. The third-order valence-corrected chi connectivity index (χ3v) is 4.50. The first-order valence-electron chi connectivity index (χ1n) is 8.39. The number of carbonyl (C=O) groups is 2. The number of aromatic nitrogens is 1. The first-order valence-corrected chi connectivity index (χ1v) is 9.27. The lowest BCUT2D eigenvalue weighted by atomic mass is 10.1. The zero-order valence-electron chi connectivity index (χ0n) is 15.0. The third-order valence-electron chi connectivity index (χ3n) is 3.74. The molecular weight excluding hydrogens is 358 g/mol. The van der Waals surface area contributed by atoms with E-state index >= 15 is 0 Å². The fraction of sp³-hybridized carbons (Fsp3) is 0.0952. The number of hydrogen-bond donors (Lipinski definition) is 2. The van der Waals surface area contributed by atoms with Crippen molar-refractivity contribution in [1.82, 2.24) is 4.98 Å². The van der Waals surface area contributed by atoms with Crippen LogP contribution in [0.25, 0.3) is 17.3 Å². The summed E-state index contributed by atoms with van der Waals surface area (Å²) in [5.41, 5.74) is 4.56. The molecule has 3 aromatic rings. The van der Waals surface area contributed by atoms with Gasteiger partial charge in [-0.1, -0.05) is 42.0 Å². The summed E-state index contributed by atoms with van der Waals surface area (Å²) in [6, 6.07) is 15.3. The number of carbonyl (C=O) groups excluding carboxylic acids is 2. The van der Waals surface area contributed by atoms with Crippen molar-refractivity contribution < 1.29 is 9.59 Å². The standard InChI is InChI=1S/C21H19N3O2S/c1-14-3-5-16(6-4-14)7-12-20(26)24-21-23-19(13-27-21)17-8-10-18(11-9-17)22-15(2)25/h3-13H,1-2H3,(H,22,25)(H,23,24,26)/b12-7+. The quantitative estimate of drug-likeness (QED) is 0.632. The van der Waals surface area contributed by atoms with Gasteiger partial charge in [0.05, 0.1) is 5.69 Å². The molecule has 5 nitrogen and oxygen atoms in total. The lowest BCUT2D eigenvalue weighted by molar-refractivity contribution is -0.114. The van der Waals surface area contributed by atoms with Crippen molar-refractivity contribution in [3.8, 4) is 11.3 Å². The van der Waals surface area contributed by atoms with Crippen molar-refractivity contribution in [2.45, 2.75) is 13.8 Å². The normalized spacial score (nSPS) is 10.7. The molecule has 0 aliphatic carbocycles. The second-order valence-corrected chi connectivity index (χ2v) is 6.89. The van der Waals surface area contributed by atoms with Crippen LogP contribution in [-0.2, 0) is 9.59 Å². The molecular formula is C21H19N3O2S. The van der Waals surface area contributed by atoms with Gasteiger partial charge in [-0.15, -0.1) is 11.3 Å². The molecule has 1 heterocycles. The average molecular weight is 377 g/mol. The Morgan fingerprint density at radius 3 is 2.37 bits per heavy atom. The highest BCUT2D eigenvalue weighted by Gasteiger charge is 2.07. The minimum Gasteiger partial charge on any atom is -0.326 e. The number of nitrogens with zero attached hydrogens (tertiary/aromatic N) is 1. The Morgan fingerprint density at radius 2 is 1.70 bits per heavy atom. The first kappa shape index (κ1) is 18.5. The molecule has 1 aromatic heterocycles. The highest BCUT2D eigenvalue weighted by molar-refractivity contribution is 7.14. The summed E-state index contributed by atoms with van der Waals surface area (Å²) < 4.78 is 0. The van der Waals surface area contributed by atoms with Gasteiger partial charge in [0.25, 0.3) is 0 Å². The molecule has 0 saturated heterocycles. The zero-order chi connectivity index (χ0) is 19.2. The number of aryl methyl sites for hydroxylation is 1. The number of benzene rings is 2. The highest BCUT2D eigenvalue weighted by Crippen LogP contribution is 2.26. The molecule has 0 bridgehead atoms. The van der Waals surface area contributed by atoms with Crippen molar-refractivity contribution in [3.05, 3.63) is 71.1 Å². The number of nitrogens with one attached hydrogen (secondary N) is 2. The predicted octanol–water partition coefficient (Wildman–Crippen LogP) is 4.73. The summed E-state index contributed by atoms with van der Waals surface area (Å²) in [5.74, 6) is -0.336. The Kier molecular flexibility index (Phi) is 5.78. The van der Waals surface area contributed by atoms with E-state index in [9.17, 15) is 9.59 Å². The molecule has 3 rings (SSSR count). The molecule has 0 fully saturated rings. The summed E-state index contributed by atoms with van der Waals surface area (Å²) in [7, 11) is 0. The third kappa shape index (κ3) is 5.36. The largest absolute Gasteiger partial charge is 0.326 e. The van der Waals surface area contributed by atoms with Gasteiger partial charge in [-0.05, 0) is 30.7 Å². The maximum absolute atomic E-state index is 12.1. The maximum atomic E-state index is 12.1. The Morgan fingerprint density at radius 1 is 1.00 bits per heavy atom. The molecule has 0 atom stereocenters. The van der Waals surface area contributed by atoms with Gasteiger partial charge in [0.2, 0.25) is 11.8 Å². The summed E-state index contributed by atoms with van der Waals surface area (Å²) in [6.45, 7) is 3.49.